The summed E-state index contributed by atoms with van der Waals surface area (Å²) in [5, 5.41) is 0. The van der Waals surface area contributed by atoms with Gasteiger partial charge in [-0.05, 0) is 31.7 Å². The topological polar surface area (TPSA) is 66.4 Å². The molecule has 0 amide bonds. The van der Waals surface area contributed by atoms with E-state index in [1.165, 1.54) is 17.3 Å². The molecule has 0 spiro atoms. The lowest BCUT2D eigenvalue weighted by Gasteiger charge is -1.98. The molecule has 6 heteroatoms. The van der Waals surface area contributed by atoms with Crippen molar-refractivity contribution in [3.63, 3.8) is 0 Å². The summed E-state index contributed by atoms with van der Waals surface area (Å²) in [5.41, 5.74) is 0. The highest BCUT2D eigenvalue weighted by Gasteiger charge is 2.05. The fraction of sp³-hybridized carbons (Fsp3) is 1.00. The summed E-state index contributed by atoms with van der Waals surface area (Å²) in [5.74, 6) is 4.15. The molecule has 0 N–H and O–H groups in total. The van der Waals surface area contributed by atoms with Gasteiger partial charge < -0.3 is 4.55 Å². The molecule has 0 saturated heterocycles. The third-order valence-electron chi connectivity index (χ3n) is 1.43. The molecule has 0 aromatic carbocycles. The predicted molar refractivity (Wildman–Crippen MR) is 55.7 cm³/mol. The molecule has 0 aromatic heterocycles. The number of rotatable bonds is 4. The van der Waals surface area contributed by atoms with Crippen molar-refractivity contribution in [2.45, 2.75) is 20.8 Å². The summed E-state index contributed by atoms with van der Waals surface area (Å²) < 4.78 is 31.0. The van der Waals surface area contributed by atoms with Gasteiger partial charge in [0.1, 0.15) is 17.3 Å². The van der Waals surface area contributed by atoms with E-state index in [1.807, 2.05) is 0 Å². The Hall–Kier alpha value is 0.220. The van der Waals surface area contributed by atoms with Crippen LogP contribution in [0.3, 0.4) is 0 Å². The fourth-order valence-electron chi connectivity index (χ4n) is 0.612. The van der Waals surface area contributed by atoms with Crippen LogP contribution >= 0.6 is 0 Å². The smallest absolute Gasteiger partial charge is 0.217 e. The molecular formula is C7H18O4S2. The molecule has 13 heavy (non-hydrogen) atoms. The van der Waals surface area contributed by atoms with E-state index in [2.05, 4.69) is 25.0 Å². The van der Waals surface area contributed by atoms with E-state index in [4.69, 9.17) is 0 Å². The zero-order chi connectivity index (χ0) is 10.9. The van der Waals surface area contributed by atoms with Crippen LogP contribution in [0.15, 0.2) is 0 Å². The molecule has 0 fully saturated rings. The van der Waals surface area contributed by atoms with E-state index in [1.54, 1.807) is 0 Å². The summed E-state index contributed by atoms with van der Waals surface area (Å²) in [6, 6.07) is 0. The molecular weight excluding hydrogens is 212 g/mol. The lowest BCUT2D eigenvalue weighted by atomic mass is 10.9. The summed E-state index contributed by atoms with van der Waals surface area (Å²) >= 11 is 0. The minimum absolute atomic E-state index is 0.755. The van der Waals surface area contributed by atoms with E-state index in [9.17, 15) is 13.0 Å². The minimum atomic E-state index is -4.41. The Morgan fingerprint density at radius 3 is 1.38 bits per heavy atom. The molecule has 0 bridgehead atoms. The monoisotopic (exact) mass is 230 g/mol. The zero-order valence-electron chi connectivity index (χ0n) is 8.57. The molecule has 0 rings (SSSR count). The molecule has 82 valence electrons. The molecule has 0 radical (unpaired) electrons. The maximum atomic E-state index is 9.22. The summed E-state index contributed by atoms with van der Waals surface area (Å²) in [4.78, 5) is 0. The summed E-state index contributed by atoms with van der Waals surface area (Å²) in [7, 11) is -2.85. The number of hydrogen-bond donors (Lipinski definition) is 0. The Bertz CT molecular complexity index is 179. The van der Waals surface area contributed by atoms with Gasteiger partial charge in [-0.25, -0.2) is 8.42 Å². The van der Waals surface area contributed by atoms with E-state index < -0.39 is 10.4 Å². The highest BCUT2D eigenvalue weighted by Crippen LogP contribution is 1.92. The average Bonchev–Trinajstić information content (AvgIpc) is 2.07. The maximum absolute atomic E-state index is 9.22. The minimum Gasteiger partial charge on any atom is -0.726 e. The van der Waals surface area contributed by atoms with Gasteiger partial charge in [-0.3, -0.25) is 4.18 Å². The molecule has 0 aliphatic heterocycles. The quantitative estimate of drug-likeness (QED) is 0.406. The van der Waals surface area contributed by atoms with E-state index in [-0.39, 0.29) is 0 Å². The molecule has 0 atom stereocenters. The Labute approximate surface area is 84.0 Å². The second kappa shape index (κ2) is 8.80. The Morgan fingerprint density at radius 2 is 1.38 bits per heavy atom. The SMILES string of the molecule is CC[S+](CC)CC.COS(=O)(=O)[O-]. The fourth-order valence-corrected chi connectivity index (χ4v) is 1.84. The van der Waals surface area contributed by atoms with Crippen LogP contribution < -0.4 is 0 Å². The van der Waals surface area contributed by atoms with Crippen molar-refractivity contribution >= 4 is 21.3 Å². The maximum Gasteiger partial charge on any atom is 0.217 e. The first-order valence-corrected chi connectivity index (χ1v) is 7.13. The van der Waals surface area contributed by atoms with Crippen LogP contribution in [0.25, 0.3) is 0 Å². The van der Waals surface area contributed by atoms with Crippen molar-refractivity contribution in [2.24, 2.45) is 0 Å². The molecule has 4 nitrogen and oxygen atoms in total. The lowest BCUT2D eigenvalue weighted by Crippen LogP contribution is -2.09. The highest BCUT2D eigenvalue weighted by molar-refractivity contribution is 7.96. The molecule has 0 aromatic rings. The molecule has 0 saturated carbocycles. The highest BCUT2D eigenvalue weighted by atomic mass is 32.3. The van der Waals surface area contributed by atoms with E-state index in [0.717, 1.165) is 18.0 Å². The van der Waals surface area contributed by atoms with Gasteiger partial charge in [0, 0.05) is 0 Å². The predicted octanol–water partition coefficient (Wildman–Crippen LogP) is 0.757. The van der Waals surface area contributed by atoms with Gasteiger partial charge in [-0.1, -0.05) is 0 Å². The van der Waals surface area contributed by atoms with Gasteiger partial charge >= 0.3 is 0 Å². The van der Waals surface area contributed by atoms with Crippen molar-refractivity contribution < 1.29 is 17.2 Å². The van der Waals surface area contributed by atoms with Crippen LogP contribution in [0.5, 0.6) is 0 Å². The number of hydrogen-bond acceptors (Lipinski definition) is 4. The van der Waals surface area contributed by atoms with E-state index >= 15 is 0 Å². The molecule has 0 heterocycles. The molecule has 0 aliphatic rings. The van der Waals surface area contributed by atoms with Gasteiger partial charge in [0.2, 0.25) is 10.4 Å². The first-order valence-electron chi connectivity index (χ1n) is 4.06. The first kappa shape index (κ1) is 15.7. The third-order valence-corrected chi connectivity index (χ3v) is 4.29. The van der Waals surface area contributed by atoms with Crippen LogP contribution in [-0.4, -0.2) is 37.3 Å². The van der Waals surface area contributed by atoms with Crippen molar-refractivity contribution in [3.8, 4) is 0 Å². The van der Waals surface area contributed by atoms with Crippen molar-refractivity contribution in [1.82, 2.24) is 0 Å². The average molecular weight is 230 g/mol. The molecule has 0 aliphatic carbocycles. The standard InChI is InChI=1S/C6H15S.CH4O4S/c1-4-7(5-2)6-3;1-5-6(2,3)4/h4-6H2,1-3H3;1H3,(H,2,3,4)/q+1;/p-1. The van der Waals surface area contributed by atoms with Gasteiger partial charge in [-0.15, -0.1) is 0 Å². The zero-order valence-corrected chi connectivity index (χ0v) is 10.2. The van der Waals surface area contributed by atoms with Gasteiger partial charge in [-0.2, -0.15) is 0 Å². The van der Waals surface area contributed by atoms with Crippen LogP contribution in [-0.2, 0) is 25.5 Å². The van der Waals surface area contributed by atoms with E-state index in [0.29, 0.717) is 0 Å². The Morgan fingerprint density at radius 1 is 1.15 bits per heavy atom. The van der Waals surface area contributed by atoms with Crippen molar-refractivity contribution in [1.29, 1.82) is 0 Å². The van der Waals surface area contributed by atoms with Crippen LogP contribution in [0, 0.1) is 0 Å². The van der Waals surface area contributed by atoms with Crippen molar-refractivity contribution in [3.05, 3.63) is 0 Å². The van der Waals surface area contributed by atoms with Gasteiger partial charge in [0.05, 0.1) is 7.11 Å². The second-order valence-corrected chi connectivity index (χ2v) is 6.16. The van der Waals surface area contributed by atoms with Crippen molar-refractivity contribution in [2.75, 3.05) is 24.4 Å². The van der Waals surface area contributed by atoms with Crippen LogP contribution in [0.4, 0.5) is 0 Å². The second-order valence-electron chi connectivity index (χ2n) is 2.05. The van der Waals surface area contributed by atoms with Crippen LogP contribution in [0.1, 0.15) is 20.8 Å². The first-order chi connectivity index (χ1) is 5.91. The Kier molecular flexibility index (Phi) is 10.6. The van der Waals surface area contributed by atoms with Gasteiger partial charge in [0.25, 0.3) is 0 Å². The lowest BCUT2D eigenvalue weighted by molar-refractivity contribution is 0.314. The Balaban J connectivity index is 0. The van der Waals surface area contributed by atoms with Gasteiger partial charge in [0.15, 0.2) is 0 Å². The third kappa shape index (κ3) is 15.0. The van der Waals surface area contributed by atoms with Crippen LogP contribution in [0.2, 0.25) is 0 Å². The summed E-state index contributed by atoms with van der Waals surface area (Å²) in [6.45, 7) is 6.82. The largest absolute Gasteiger partial charge is 0.726 e. The summed E-state index contributed by atoms with van der Waals surface area (Å²) in [6.07, 6.45) is 0. The normalized spacial score (nSPS) is 10.9. The molecule has 0 unspecified atom stereocenters.